The molecule has 4 heteroatoms. The van der Waals surface area contributed by atoms with Crippen molar-refractivity contribution >= 4 is 11.8 Å². The van der Waals surface area contributed by atoms with Gasteiger partial charge in [0.2, 0.25) is 11.8 Å². The molecule has 1 N–H and O–H groups in total. The Hall–Kier alpha value is -1.84. The zero-order chi connectivity index (χ0) is 15.5. The van der Waals surface area contributed by atoms with Crippen LogP contribution in [0, 0.1) is 12.8 Å². The molecule has 2 fully saturated rings. The van der Waals surface area contributed by atoms with Crippen LogP contribution in [0.4, 0.5) is 0 Å². The molecule has 0 aromatic heterocycles. The van der Waals surface area contributed by atoms with Gasteiger partial charge in [-0.25, -0.2) is 0 Å². The maximum absolute atomic E-state index is 11.9. The summed E-state index contributed by atoms with van der Waals surface area (Å²) in [5, 5.41) is 2.99. The molecule has 4 nitrogen and oxygen atoms in total. The van der Waals surface area contributed by atoms with Crippen molar-refractivity contribution in [2.45, 2.75) is 45.1 Å². The smallest absolute Gasteiger partial charge is 0.223 e. The first-order chi connectivity index (χ1) is 10.6. The van der Waals surface area contributed by atoms with Crippen molar-refractivity contribution in [2.24, 2.45) is 5.92 Å². The van der Waals surface area contributed by atoms with Crippen molar-refractivity contribution in [3.8, 4) is 0 Å². The van der Waals surface area contributed by atoms with Crippen molar-refractivity contribution in [3.63, 3.8) is 0 Å². The van der Waals surface area contributed by atoms with Crippen LogP contribution in [0.1, 0.15) is 36.8 Å². The molecule has 1 aromatic carbocycles. The van der Waals surface area contributed by atoms with Gasteiger partial charge in [-0.1, -0.05) is 29.8 Å². The van der Waals surface area contributed by atoms with Gasteiger partial charge in [0.1, 0.15) is 0 Å². The number of rotatable bonds is 6. The molecular weight excluding hydrogens is 276 g/mol. The molecule has 1 heterocycles. The lowest BCUT2D eigenvalue weighted by molar-refractivity contribution is -0.128. The first-order valence-electron chi connectivity index (χ1n) is 8.23. The van der Waals surface area contributed by atoms with Crippen molar-refractivity contribution in [3.05, 3.63) is 35.4 Å². The summed E-state index contributed by atoms with van der Waals surface area (Å²) in [5.74, 6) is 0.635. The zero-order valence-electron chi connectivity index (χ0n) is 13.2. The topological polar surface area (TPSA) is 49.4 Å². The molecule has 2 amide bonds. The third-order valence-corrected chi connectivity index (χ3v) is 4.58. The third-order valence-electron chi connectivity index (χ3n) is 4.58. The van der Waals surface area contributed by atoms with Gasteiger partial charge in [-0.05, 0) is 31.7 Å². The van der Waals surface area contributed by atoms with Crippen molar-refractivity contribution in [1.82, 2.24) is 10.2 Å². The highest BCUT2D eigenvalue weighted by Gasteiger charge is 2.39. The van der Waals surface area contributed by atoms with Crippen LogP contribution in [0.2, 0.25) is 0 Å². The molecule has 0 bridgehead atoms. The zero-order valence-corrected chi connectivity index (χ0v) is 13.2. The van der Waals surface area contributed by atoms with Crippen LogP contribution < -0.4 is 5.32 Å². The van der Waals surface area contributed by atoms with Gasteiger partial charge in [-0.15, -0.1) is 0 Å². The minimum atomic E-state index is 0.0814. The molecule has 22 heavy (non-hydrogen) atoms. The number of nitrogens with zero attached hydrogens (tertiary/aromatic N) is 1. The van der Waals surface area contributed by atoms with Gasteiger partial charge in [0, 0.05) is 37.9 Å². The van der Waals surface area contributed by atoms with E-state index in [-0.39, 0.29) is 17.7 Å². The first kappa shape index (κ1) is 15.1. The normalized spacial score (nSPS) is 21.2. The second-order valence-electron chi connectivity index (χ2n) is 6.64. The number of amides is 2. The van der Waals surface area contributed by atoms with E-state index in [1.54, 1.807) is 0 Å². The summed E-state index contributed by atoms with van der Waals surface area (Å²) in [5.41, 5.74) is 2.43. The Labute approximate surface area is 131 Å². The van der Waals surface area contributed by atoms with E-state index >= 15 is 0 Å². The van der Waals surface area contributed by atoms with E-state index in [1.807, 2.05) is 4.90 Å². The fourth-order valence-electron chi connectivity index (χ4n) is 3.04. The van der Waals surface area contributed by atoms with E-state index in [9.17, 15) is 9.59 Å². The van der Waals surface area contributed by atoms with Gasteiger partial charge in [0.25, 0.3) is 0 Å². The number of likely N-dealkylation sites (tertiary alicyclic amines) is 1. The Morgan fingerprint density at radius 3 is 2.68 bits per heavy atom. The lowest BCUT2D eigenvalue weighted by atomic mass is 10.1. The van der Waals surface area contributed by atoms with Crippen LogP contribution in [-0.4, -0.2) is 35.8 Å². The molecular formula is C18H24N2O2. The average Bonchev–Trinajstić information content (AvgIpc) is 3.28. The summed E-state index contributed by atoms with van der Waals surface area (Å²) >= 11 is 0. The molecule has 1 aliphatic carbocycles. The molecule has 0 radical (unpaired) electrons. The van der Waals surface area contributed by atoms with Gasteiger partial charge in [-0.2, -0.15) is 0 Å². The quantitative estimate of drug-likeness (QED) is 0.874. The van der Waals surface area contributed by atoms with Crippen molar-refractivity contribution in [1.29, 1.82) is 0 Å². The predicted octanol–water partition coefficient (Wildman–Crippen LogP) is 2.05. The standard InChI is InChI=1S/C18H24N2O2/c1-13-2-4-14(5-3-13)6-9-17(21)19-11-15-10-18(22)20(12-15)16-7-8-16/h2-5,15-16H,6-12H2,1H3,(H,19,21). The van der Waals surface area contributed by atoms with Crippen molar-refractivity contribution in [2.75, 3.05) is 13.1 Å². The highest BCUT2D eigenvalue weighted by molar-refractivity contribution is 5.80. The van der Waals surface area contributed by atoms with Crippen molar-refractivity contribution < 1.29 is 9.59 Å². The summed E-state index contributed by atoms with van der Waals surface area (Å²) in [6, 6.07) is 8.79. The number of nitrogens with one attached hydrogen (secondary N) is 1. The van der Waals surface area contributed by atoms with Crippen LogP contribution in [0.3, 0.4) is 0 Å². The van der Waals surface area contributed by atoms with Gasteiger partial charge >= 0.3 is 0 Å². The molecule has 1 saturated heterocycles. The van der Waals surface area contributed by atoms with E-state index in [0.717, 1.165) is 25.8 Å². The van der Waals surface area contributed by atoms with Gasteiger partial charge in [0.15, 0.2) is 0 Å². The van der Waals surface area contributed by atoms with Crippen LogP contribution in [0.5, 0.6) is 0 Å². The molecule has 2 aliphatic rings. The largest absolute Gasteiger partial charge is 0.356 e. The highest BCUT2D eigenvalue weighted by Crippen LogP contribution is 2.32. The Kier molecular flexibility index (Phi) is 4.46. The molecule has 1 aliphatic heterocycles. The number of carbonyl (C=O) groups is 2. The second kappa shape index (κ2) is 6.51. The predicted molar refractivity (Wildman–Crippen MR) is 85.4 cm³/mol. The summed E-state index contributed by atoms with van der Waals surface area (Å²) < 4.78 is 0. The van der Waals surface area contributed by atoms with Gasteiger partial charge in [0.05, 0.1) is 0 Å². The van der Waals surface area contributed by atoms with E-state index < -0.39 is 0 Å². The average molecular weight is 300 g/mol. The summed E-state index contributed by atoms with van der Waals surface area (Å²) in [6.07, 6.45) is 4.18. The fourth-order valence-corrected chi connectivity index (χ4v) is 3.04. The summed E-state index contributed by atoms with van der Waals surface area (Å²) in [4.78, 5) is 25.8. The molecule has 0 spiro atoms. The number of aryl methyl sites for hydroxylation is 2. The molecule has 1 unspecified atom stereocenters. The van der Waals surface area contributed by atoms with E-state index in [1.165, 1.54) is 11.1 Å². The molecule has 118 valence electrons. The maximum atomic E-state index is 11.9. The third kappa shape index (κ3) is 3.87. The first-order valence-corrected chi connectivity index (χ1v) is 8.23. The van der Waals surface area contributed by atoms with Crippen LogP contribution >= 0.6 is 0 Å². The lowest BCUT2D eigenvalue weighted by Gasteiger charge is -2.15. The Bertz CT molecular complexity index is 549. The molecule has 1 saturated carbocycles. The fraction of sp³-hybridized carbons (Fsp3) is 0.556. The van der Waals surface area contributed by atoms with Crippen LogP contribution in [0.25, 0.3) is 0 Å². The molecule has 1 atom stereocenters. The number of carbonyl (C=O) groups excluding carboxylic acids is 2. The van der Waals surface area contributed by atoms with E-state index in [0.29, 0.717) is 25.4 Å². The Balaban J connectivity index is 1.37. The van der Waals surface area contributed by atoms with E-state index in [4.69, 9.17) is 0 Å². The van der Waals surface area contributed by atoms with Crippen LogP contribution in [0.15, 0.2) is 24.3 Å². The minimum Gasteiger partial charge on any atom is -0.356 e. The highest BCUT2D eigenvalue weighted by atomic mass is 16.2. The monoisotopic (exact) mass is 300 g/mol. The minimum absolute atomic E-state index is 0.0814. The maximum Gasteiger partial charge on any atom is 0.223 e. The molecule has 3 rings (SSSR count). The van der Waals surface area contributed by atoms with E-state index in [2.05, 4.69) is 36.5 Å². The number of hydrogen-bond acceptors (Lipinski definition) is 2. The van der Waals surface area contributed by atoms with Crippen LogP contribution in [-0.2, 0) is 16.0 Å². The summed E-state index contributed by atoms with van der Waals surface area (Å²) in [6.45, 7) is 3.51. The number of benzene rings is 1. The van der Waals surface area contributed by atoms with Gasteiger partial charge in [-0.3, -0.25) is 9.59 Å². The molecule has 1 aromatic rings. The van der Waals surface area contributed by atoms with Gasteiger partial charge < -0.3 is 10.2 Å². The Morgan fingerprint density at radius 2 is 2.00 bits per heavy atom. The second-order valence-corrected chi connectivity index (χ2v) is 6.64. The summed E-state index contributed by atoms with van der Waals surface area (Å²) in [7, 11) is 0. The SMILES string of the molecule is Cc1ccc(CCC(=O)NCC2CC(=O)N(C3CC3)C2)cc1. The lowest BCUT2D eigenvalue weighted by Crippen LogP contribution is -2.32. The Morgan fingerprint density at radius 1 is 1.27 bits per heavy atom. The number of hydrogen-bond donors (Lipinski definition) is 1.